The molecule has 2 aliphatic rings. The third-order valence-corrected chi connectivity index (χ3v) is 4.64. The molecule has 1 saturated heterocycles. The van der Waals surface area contributed by atoms with E-state index in [4.69, 9.17) is 5.73 Å². The summed E-state index contributed by atoms with van der Waals surface area (Å²) < 4.78 is 0. The zero-order valence-electron chi connectivity index (χ0n) is 12.6. The quantitative estimate of drug-likeness (QED) is 0.780. The summed E-state index contributed by atoms with van der Waals surface area (Å²) in [4.78, 5) is 14.3. The van der Waals surface area contributed by atoms with Crippen molar-refractivity contribution in [3.8, 4) is 0 Å². The highest BCUT2D eigenvalue weighted by Crippen LogP contribution is 2.19. The van der Waals surface area contributed by atoms with Crippen LogP contribution in [0.3, 0.4) is 0 Å². The average molecular weight is 304 g/mol. The first-order valence-electron chi connectivity index (χ1n) is 7.92. The van der Waals surface area contributed by atoms with E-state index < -0.39 is 0 Å². The van der Waals surface area contributed by atoms with Crippen molar-refractivity contribution in [1.82, 2.24) is 10.2 Å². The molecule has 5 heteroatoms. The van der Waals surface area contributed by atoms with E-state index in [9.17, 15) is 4.79 Å². The molecule has 0 aromatic rings. The lowest BCUT2D eigenvalue weighted by atomic mass is 10.0. The summed E-state index contributed by atoms with van der Waals surface area (Å²) in [6, 6.07) is 0.664. The number of nitrogens with zero attached hydrogens (tertiary/aromatic N) is 1. The fourth-order valence-electron chi connectivity index (χ4n) is 3.34. The van der Waals surface area contributed by atoms with Crippen LogP contribution < -0.4 is 11.1 Å². The summed E-state index contributed by atoms with van der Waals surface area (Å²) in [5.41, 5.74) is 5.93. The number of hydrogen-bond donors (Lipinski definition) is 2. The van der Waals surface area contributed by atoms with Crippen molar-refractivity contribution in [1.29, 1.82) is 0 Å². The zero-order valence-corrected chi connectivity index (χ0v) is 13.5. The topological polar surface area (TPSA) is 58.4 Å². The van der Waals surface area contributed by atoms with Gasteiger partial charge in [-0.2, -0.15) is 0 Å². The van der Waals surface area contributed by atoms with Crippen LogP contribution in [-0.2, 0) is 4.79 Å². The number of amides is 1. The van der Waals surface area contributed by atoms with Gasteiger partial charge in [0.25, 0.3) is 0 Å². The van der Waals surface area contributed by atoms with E-state index in [0.717, 1.165) is 32.4 Å². The zero-order chi connectivity index (χ0) is 13.7. The number of hydrogen-bond acceptors (Lipinski definition) is 3. The van der Waals surface area contributed by atoms with Gasteiger partial charge in [0.2, 0.25) is 5.91 Å². The Hall–Kier alpha value is -0.320. The van der Waals surface area contributed by atoms with E-state index in [1.54, 1.807) is 0 Å². The molecule has 0 bridgehead atoms. The minimum absolute atomic E-state index is 0. The molecular formula is C15H30ClN3O. The number of nitrogens with one attached hydrogen (secondary N) is 1. The molecule has 1 aliphatic heterocycles. The minimum Gasteiger partial charge on any atom is -0.352 e. The third-order valence-electron chi connectivity index (χ3n) is 4.64. The van der Waals surface area contributed by atoms with Crippen LogP contribution in [0.1, 0.15) is 51.9 Å². The van der Waals surface area contributed by atoms with Gasteiger partial charge in [-0.3, -0.25) is 9.69 Å². The SMILES string of the molecule is CC(N)C1CCN(CC(=O)NC2CCCCCC2)C1.Cl. The maximum Gasteiger partial charge on any atom is 0.234 e. The number of carbonyl (C=O) groups is 1. The fraction of sp³-hybridized carbons (Fsp3) is 0.933. The highest BCUT2D eigenvalue weighted by atomic mass is 35.5. The van der Waals surface area contributed by atoms with Crippen LogP contribution in [0, 0.1) is 5.92 Å². The largest absolute Gasteiger partial charge is 0.352 e. The normalized spacial score (nSPS) is 26.6. The van der Waals surface area contributed by atoms with Crippen LogP contribution in [0.4, 0.5) is 0 Å². The lowest BCUT2D eigenvalue weighted by Gasteiger charge is -2.20. The molecule has 1 aliphatic carbocycles. The Morgan fingerprint density at radius 3 is 2.45 bits per heavy atom. The summed E-state index contributed by atoms with van der Waals surface area (Å²) in [6.45, 7) is 4.62. The van der Waals surface area contributed by atoms with Gasteiger partial charge in [0.1, 0.15) is 0 Å². The monoisotopic (exact) mass is 303 g/mol. The summed E-state index contributed by atoms with van der Waals surface area (Å²) in [5, 5.41) is 3.22. The number of nitrogens with two attached hydrogens (primary N) is 1. The van der Waals surface area contributed by atoms with Crippen LogP contribution in [-0.4, -0.2) is 42.5 Å². The number of likely N-dealkylation sites (tertiary alicyclic amines) is 1. The maximum absolute atomic E-state index is 12.1. The Morgan fingerprint density at radius 2 is 1.90 bits per heavy atom. The summed E-state index contributed by atoms with van der Waals surface area (Å²) in [6.07, 6.45) is 8.64. The summed E-state index contributed by atoms with van der Waals surface area (Å²) in [5.74, 6) is 0.767. The number of halogens is 1. The van der Waals surface area contributed by atoms with E-state index in [0.29, 0.717) is 18.5 Å². The minimum atomic E-state index is 0. The first-order chi connectivity index (χ1) is 9.15. The lowest BCUT2D eigenvalue weighted by molar-refractivity contribution is -0.122. The molecule has 118 valence electrons. The van der Waals surface area contributed by atoms with Gasteiger partial charge in [-0.25, -0.2) is 0 Å². The molecule has 2 atom stereocenters. The van der Waals surface area contributed by atoms with Gasteiger partial charge in [-0.05, 0) is 38.6 Å². The molecule has 1 heterocycles. The van der Waals surface area contributed by atoms with Crippen molar-refractivity contribution in [2.75, 3.05) is 19.6 Å². The molecule has 1 amide bonds. The average Bonchev–Trinajstić information content (AvgIpc) is 2.67. The standard InChI is InChI=1S/C15H29N3O.ClH/c1-12(16)13-8-9-18(10-13)11-15(19)17-14-6-4-2-3-5-7-14;/h12-14H,2-11,16H2,1H3,(H,17,19);1H. The molecule has 0 aromatic carbocycles. The van der Waals surface area contributed by atoms with E-state index in [-0.39, 0.29) is 24.4 Å². The van der Waals surface area contributed by atoms with Crippen molar-refractivity contribution in [2.24, 2.45) is 11.7 Å². The molecule has 20 heavy (non-hydrogen) atoms. The molecule has 4 nitrogen and oxygen atoms in total. The van der Waals surface area contributed by atoms with Gasteiger partial charge in [-0.1, -0.05) is 25.7 Å². The van der Waals surface area contributed by atoms with Crippen molar-refractivity contribution in [3.63, 3.8) is 0 Å². The van der Waals surface area contributed by atoms with Crippen LogP contribution >= 0.6 is 12.4 Å². The highest BCUT2D eigenvalue weighted by molar-refractivity contribution is 5.85. The predicted molar refractivity (Wildman–Crippen MR) is 85.1 cm³/mol. The highest BCUT2D eigenvalue weighted by Gasteiger charge is 2.26. The summed E-state index contributed by atoms with van der Waals surface area (Å²) >= 11 is 0. The molecule has 3 N–H and O–H groups in total. The van der Waals surface area contributed by atoms with Crippen LogP contribution in [0.2, 0.25) is 0 Å². The Bertz CT molecular complexity index is 291. The Morgan fingerprint density at radius 1 is 1.25 bits per heavy atom. The smallest absolute Gasteiger partial charge is 0.234 e. The first-order valence-corrected chi connectivity index (χ1v) is 7.92. The fourth-order valence-corrected chi connectivity index (χ4v) is 3.34. The van der Waals surface area contributed by atoms with Gasteiger partial charge in [0.05, 0.1) is 6.54 Å². The van der Waals surface area contributed by atoms with Crippen molar-refractivity contribution in [2.45, 2.75) is 64.0 Å². The Labute approximate surface area is 129 Å². The third kappa shape index (κ3) is 5.58. The number of carbonyl (C=O) groups excluding carboxylic acids is 1. The second-order valence-corrected chi connectivity index (χ2v) is 6.40. The van der Waals surface area contributed by atoms with E-state index in [1.807, 2.05) is 0 Å². The van der Waals surface area contributed by atoms with E-state index in [1.165, 1.54) is 25.7 Å². The first kappa shape index (κ1) is 17.7. The van der Waals surface area contributed by atoms with Gasteiger partial charge in [-0.15, -0.1) is 12.4 Å². The molecule has 2 rings (SSSR count). The van der Waals surface area contributed by atoms with Crippen LogP contribution in [0.25, 0.3) is 0 Å². The Balaban J connectivity index is 0.00000200. The maximum atomic E-state index is 12.1. The Kier molecular flexibility index (Phi) is 7.85. The van der Waals surface area contributed by atoms with E-state index in [2.05, 4.69) is 17.1 Å². The lowest BCUT2D eigenvalue weighted by Crippen LogP contribution is -2.41. The van der Waals surface area contributed by atoms with Crippen LogP contribution in [0.15, 0.2) is 0 Å². The molecule has 2 fully saturated rings. The molecule has 2 unspecified atom stereocenters. The number of rotatable bonds is 4. The van der Waals surface area contributed by atoms with Crippen LogP contribution in [0.5, 0.6) is 0 Å². The molecule has 1 saturated carbocycles. The molecule has 0 spiro atoms. The van der Waals surface area contributed by atoms with Gasteiger partial charge in [0, 0.05) is 18.6 Å². The van der Waals surface area contributed by atoms with Crippen molar-refractivity contribution < 1.29 is 4.79 Å². The van der Waals surface area contributed by atoms with Gasteiger partial charge in [0.15, 0.2) is 0 Å². The van der Waals surface area contributed by atoms with E-state index >= 15 is 0 Å². The van der Waals surface area contributed by atoms with Crippen molar-refractivity contribution >= 4 is 18.3 Å². The molecule has 0 radical (unpaired) electrons. The van der Waals surface area contributed by atoms with Crippen molar-refractivity contribution in [3.05, 3.63) is 0 Å². The summed E-state index contributed by atoms with van der Waals surface area (Å²) in [7, 11) is 0. The van der Waals surface area contributed by atoms with Gasteiger partial charge < -0.3 is 11.1 Å². The molecule has 0 aromatic heterocycles. The van der Waals surface area contributed by atoms with Gasteiger partial charge >= 0.3 is 0 Å². The molecular weight excluding hydrogens is 274 g/mol. The second kappa shape index (κ2) is 8.85. The predicted octanol–water partition coefficient (Wildman–Crippen LogP) is 1.92. The second-order valence-electron chi connectivity index (χ2n) is 6.40.